The topological polar surface area (TPSA) is 37.4 Å². The summed E-state index contributed by atoms with van der Waals surface area (Å²) in [7, 11) is 0. The van der Waals surface area contributed by atoms with Crippen LogP contribution in [0.25, 0.3) is 0 Å². The van der Waals surface area contributed by atoms with Crippen LogP contribution in [0.15, 0.2) is 47.5 Å². The third kappa shape index (κ3) is 3.01. The van der Waals surface area contributed by atoms with Crippen molar-refractivity contribution in [3.8, 4) is 0 Å². The molecule has 2 aromatic rings. The zero-order valence-corrected chi connectivity index (χ0v) is 16.3. The third-order valence-electron chi connectivity index (χ3n) is 4.93. The Hall–Kier alpha value is -2.27. The number of carbonyl (C=O) groups is 2. The number of amides is 1. The minimum atomic E-state index is -0.537. The fourth-order valence-corrected chi connectivity index (χ4v) is 3.62. The average Bonchev–Trinajstić information content (AvgIpc) is 2.61. The van der Waals surface area contributed by atoms with E-state index >= 15 is 0 Å². The third-order valence-corrected chi connectivity index (χ3v) is 5.62. The van der Waals surface area contributed by atoms with Crippen molar-refractivity contribution in [3.05, 3.63) is 75.5 Å². The Balaban J connectivity index is 2.09. The minimum Gasteiger partial charge on any atom is -0.307 e. The van der Waals surface area contributed by atoms with Crippen LogP contribution in [0.1, 0.15) is 45.7 Å². The van der Waals surface area contributed by atoms with Gasteiger partial charge < -0.3 is 4.90 Å². The van der Waals surface area contributed by atoms with Gasteiger partial charge in [-0.25, -0.2) is 4.39 Å². The lowest BCUT2D eigenvalue weighted by Gasteiger charge is -2.31. The number of hydrogen-bond donors (Lipinski definition) is 0. The maximum atomic E-state index is 14.8. The van der Waals surface area contributed by atoms with Crippen molar-refractivity contribution in [3.63, 3.8) is 0 Å². The smallest absolute Gasteiger partial charge is 0.261 e. The first-order valence-electron chi connectivity index (χ1n) is 8.32. The average molecular weight is 416 g/mol. The van der Waals surface area contributed by atoms with Crippen LogP contribution in [-0.4, -0.2) is 18.7 Å². The van der Waals surface area contributed by atoms with Crippen molar-refractivity contribution in [1.82, 2.24) is 0 Å². The number of anilines is 1. The second-order valence-electron chi connectivity index (χ2n) is 6.92. The molecule has 3 nitrogen and oxygen atoms in total. The predicted molar refractivity (Wildman–Crippen MR) is 105 cm³/mol. The molecule has 0 radical (unpaired) electrons. The van der Waals surface area contributed by atoms with E-state index in [2.05, 4.69) is 22.5 Å². The standard InChI is InChI=1S/C21H19BrFNO2/c1-4-21(2,3)14-10-13-8-9-24(20(26)19(13)17(23)11-14)18-7-5-6-16(22)15(18)12-25/h4-7,10-12H,1,8-9H2,2-3H3. The number of carbonyl (C=O) groups excluding carboxylic acids is 2. The summed E-state index contributed by atoms with van der Waals surface area (Å²) in [4.78, 5) is 25.9. The predicted octanol–water partition coefficient (Wildman–Crippen LogP) is 5.07. The molecule has 0 N–H and O–H groups in total. The molecule has 3 rings (SSSR count). The number of allylic oxidation sites excluding steroid dienone is 1. The van der Waals surface area contributed by atoms with Crippen molar-refractivity contribution >= 4 is 33.8 Å². The number of hydrogen-bond acceptors (Lipinski definition) is 2. The molecule has 5 heteroatoms. The van der Waals surface area contributed by atoms with E-state index < -0.39 is 11.7 Å². The van der Waals surface area contributed by atoms with Gasteiger partial charge in [0.05, 0.1) is 16.8 Å². The first-order chi connectivity index (χ1) is 12.3. The van der Waals surface area contributed by atoms with Crippen LogP contribution >= 0.6 is 15.9 Å². The quantitative estimate of drug-likeness (QED) is 0.516. The van der Waals surface area contributed by atoms with Crippen LogP contribution < -0.4 is 4.90 Å². The van der Waals surface area contributed by atoms with E-state index in [0.29, 0.717) is 40.5 Å². The highest BCUT2D eigenvalue weighted by molar-refractivity contribution is 9.10. The molecule has 0 atom stereocenters. The molecule has 0 unspecified atom stereocenters. The van der Waals surface area contributed by atoms with Gasteiger partial charge in [0.15, 0.2) is 6.29 Å². The van der Waals surface area contributed by atoms with Crippen LogP contribution in [-0.2, 0) is 11.8 Å². The maximum Gasteiger partial charge on any atom is 0.261 e. The van der Waals surface area contributed by atoms with Crippen molar-refractivity contribution in [2.75, 3.05) is 11.4 Å². The van der Waals surface area contributed by atoms with E-state index in [0.717, 1.165) is 5.56 Å². The van der Waals surface area contributed by atoms with E-state index in [1.54, 1.807) is 24.3 Å². The Kier molecular flexibility index (Phi) is 4.84. The molecule has 0 spiro atoms. The number of halogens is 2. The van der Waals surface area contributed by atoms with E-state index in [4.69, 9.17) is 0 Å². The molecule has 0 saturated carbocycles. The van der Waals surface area contributed by atoms with Gasteiger partial charge in [-0.15, -0.1) is 6.58 Å². The first kappa shape index (κ1) is 18.5. The molecule has 1 aliphatic heterocycles. The molecule has 1 heterocycles. The number of benzene rings is 2. The van der Waals surface area contributed by atoms with Gasteiger partial charge in [0.1, 0.15) is 5.82 Å². The summed E-state index contributed by atoms with van der Waals surface area (Å²) >= 11 is 3.33. The highest BCUT2D eigenvalue weighted by Gasteiger charge is 2.32. The van der Waals surface area contributed by atoms with Gasteiger partial charge in [0.25, 0.3) is 5.91 Å². The number of aldehydes is 1. The number of fused-ring (bicyclic) bond motifs is 1. The molecule has 0 fully saturated rings. The summed E-state index contributed by atoms with van der Waals surface area (Å²) < 4.78 is 15.4. The fraction of sp³-hybridized carbons (Fsp3) is 0.238. The van der Waals surface area contributed by atoms with Gasteiger partial charge in [-0.3, -0.25) is 9.59 Å². The summed E-state index contributed by atoms with van der Waals surface area (Å²) in [5.74, 6) is -0.960. The fourth-order valence-electron chi connectivity index (χ4n) is 3.17. The van der Waals surface area contributed by atoms with Gasteiger partial charge in [0.2, 0.25) is 0 Å². The van der Waals surface area contributed by atoms with Gasteiger partial charge in [-0.05, 0) is 51.7 Å². The molecular formula is C21H19BrFNO2. The molecule has 0 aliphatic carbocycles. The normalized spacial score (nSPS) is 14.2. The van der Waals surface area contributed by atoms with Crippen LogP contribution in [0, 0.1) is 5.82 Å². The second-order valence-corrected chi connectivity index (χ2v) is 7.77. The van der Waals surface area contributed by atoms with Gasteiger partial charge in [-0.1, -0.05) is 32.1 Å². The lowest BCUT2D eigenvalue weighted by molar-refractivity contribution is 0.0976. The summed E-state index contributed by atoms with van der Waals surface area (Å²) in [6.07, 6.45) is 2.99. The van der Waals surface area contributed by atoms with E-state index in [-0.39, 0.29) is 11.0 Å². The van der Waals surface area contributed by atoms with Crippen LogP contribution in [0.4, 0.5) is 10.1 Å². The van der Waals surface area contributed by atoms with E-state index in [9.17, 15) is 14.0 Å². The Morgan fingerprint density at radius 2 is 2.04 bits per heavy atom. The van der Waals surface area contributed by atoms with Crippen molar-refractivity contribution in [1.29, 1.82) is 0 Å². The Labute approximate surface area is 160 Å². The summed E-state index contributed by atoms with van der Waals surface area (Å²) in [6.45, 7) is 8.11. The molecule has 134 valence electrons. The summed E-state index contributed by atoms with van der Waals surface area (Å²) in [5, 5.41) is 0. The Morgan fingerprint density at radius 3 is 2.69 bits per heavy atom. The lowest BCUT2D eigenvalue weighted by atomic mass is 9.82. The zero-order chi connectivity index (χ0) is 19.1. The molecule has 0 bridgehead atoms. The molecule has 0 saturated heterocycles. The molecule has 1 aliphatic rings. The highest BCUT2D eigenvalue weighted by Crippen LogP contribution is 2.34. The van der Waals surface area contributed by atoms with Crippen LogP contribution in [0.5, 0.6) is 0 Å². The molecular weight excluding hydrogens is 397 g/mol. The molecule has 0 aromatic heterocycles. The van der Waals surface area contributed by atoms with Crippen LogP contribution in [0.2, 0.25) is 0 Å². The monoisotopic (exact) mass is 415 g/mol. The van der Waals surface area contributed by atoms with Crippen molar-refractivity contribution in [2.24, 2.45) is 0 Å². The van der Waals surface area contributed by atoms with Crippen molar-refractivity contribution < 1.29 is 14.0 Å². The minimum absolute atomic E-state index is 0.0803. The van der Waals surface area contributed by atoms with Crippen LogP contribution in [0.3, 0.4) is 0 Å². The van der Waals surface area contributed by atoms with E-state index in [1.807, 2.05) is 19.9 Å². The summed E-state index contributed by atoms with van der Waals surface area (Å²) in [6, 6.07) is 8.48. The lowest BCUT2D eigenvalue weighted by Crippen LogP contribution is -2.39. The molecule has 26 heavy (non-hydrogen) atoms. The van der Waals surface area contributed by atoms with Gasteiger partial charge in [0, 0.05) is 16.4 Å². The SMILES string of the molecule is C=CC(C)(C)c1cc(F)c2c(c1)CCN(c1cccc(Br)c1C=O)C2=O. The first-order valence-corrected chi connectivity index (χ1v) is 9.11. The van der Waals surface area contributed by atoms with Gasteiger partial charge in [-0.2, -0.15) is 0 Å². The highest BCUT2D eigenvalue weighted by atomic mass is 79.9. The van der Waals surface area contributed by atoms with Crippen molar-refractivity contribution in [2.45, 2.75) is 25.7 Å². The summed E-state index contributed by atoms with van der Waals surface area (Å²) in [5.41, 5.74) is 2.05. The Morgan fingerprint density at radius 1 is 1.31 bits per heavy atom. The van der Waals surface area contributed by atoms with Gasteiger partial charge >= 0.3 is 0 Å². The maximum absolute atomic E-state index is 14.8. The number of nitrogens with zero attached hydrogens (tertiary/aromatic N) is 1. The zero-order valence-electron chi connectivity index (χ0n) is 14.7. The Bertz CT molecular complexity index is 920. The number of rotatable bonds is 4. The van der Waals surface area contributed by atoms with E-state index in [1.165, 1.54) is 11.0 Å². The largest absolute Gasteiger partial charge is 0.307 e. The second kappa shape index (κ2) is 6.80. The molecule has 1 amide bonds. The molecule has 2 aromatic carbocycles.